The van der Waals surface area contributed by atoms with Gasteiger partial charge >= 0.3 is 19.8 Å². The maximum Gasteiger partial charge on any atom is 0.472 e. The number of nitrogens with two attached hydrogens (primary N) is 1. The maximum absolute atomic E-state index is 12.7. The lowest BCUT2D eigenvalue weighted by Gasteiger charge is -2.19. The molecule has 2 unspecified atom stereocenters. The second kappa shape index (κ2) is 55.1. The highest BCUT2D eigenvalue weighted by molar-refractivity contribution is 7.47. The number of hydrogen-bond acceptors (Lipinski definition) is 8. The maximum atomic E-state index is 12.7. The van der Waals surface area contributed by atoms with Gasteiger partial charge in [0.1, 0.15) is 6.61 Å². The lowest BCUT2D eigenvalue weighted by molar-refractivity contribution is -0.161. The van der Waals surface area contributed by atoms with Gasteiger partial charge in [-0.25, -0.2) is 4.57 Å². The Balaban J connectivity index is 3.90. The van der Waals surface area contributed by atoms with Gasteiger partial charge in [-0.3, -0.25) is 18.6 Å². The van der Waals surface area contributed by atoms with E-state index in [2.05, 4.69) is 26.0 Å². The lowest BCUT2D eigenvalue weighted by Crippen LogP contribution is -2.29. The van der Waals surface area contributed by atoms with E-state index in [1.165, 1.54) is 250 Å². The van der Waals surface area contributed by atoms with Crippen LogP contribution in [0.3, 0.4) is 0 Å². The normalized spacial score (nSPS) is 13.1. The van der Waals surface area contributed by atoms with Gasteiger partial charge < -0.3 is 20.1 Å². The number of allylic oxidation sites excluding steroid dienone is 2. The lowest BCUT2D eigenvalue weighted by atomic mass is 10.0. The Morgan fingerprint density at radius 3 is 1.04 bits per heavy atom. The number of carbonyl (C=O) groups is 2. The van der Waals surface area contributed by atoms with Crippen molar-refractivity contribution < 1.29 is 37.6 Å². The number of phosphoric acid groups is 1. The van der Waals surface area contributed by atoms with E-state index in [1.54, 1.807) is 0 Å². The van der Waals surface area contributed by atoms with Crippen LogP contribution in [0.25, 0.3) is 0 Å². The zero-order chi connectivity index (χ0) is 49.5. The van der Waals surface area contributed by atoms with E-state index in [0.29, 0.717) is 6.42 Å². The average Bonchev–Trinajstić information content (AvgIpc) is 3.33. The van der Waals surface area contributed by atoms with Crippen LogP contribution >= 0.6 is 7.82 Å². The molecule has 0 rings (SSSR count). The van der Waals surface area contributed by atoms with Crippen molar-refractivity contribution in [1.29, 1.82) is 0 Å². The Hall–Kier alpha value is -1.25. The number of esters is 2. The van der Waals surface area contributed by atoms with Crippen molar-refractivity contribution in [2.45, 2.75) is 322 Å². The van der Waals surface area contributed by atoms with Crippen LogP contribution in [-0.4, -0.2) is 49.3 Å². The molecule has 0 fully saturated rings. The predicted molar refractivity (Wildman–Crippen MR) is 289 cm³/mol. The molecule has 0 aromatic rings. The Bertz CT molecular complexity index is 1120. The molecule has 0 aromatic carbocycles. The quantitative estimate of drug-likeness (QED) is 0.0264. The van der Waals surface area contributed by atoms with Gasteiger partial charge in [0.25, 0.3) is 0 Å². The monoisotopic (exact) mass is 984 g/mol. The molecule has 0 aromatic heterocycles. The number of phosphoric ester groups is 1. The summed E-state index contributed by atoms with van der Waals surface area (Å²) in [5, 5.41) is 0. The number of hydrogen-bond donors (Lipinski definition) is 2. The van der Waals surface area contributed by atoms with Gasteiger partial charge in [-0.2, -0.15) is 0 Å². The van der Waals surface area contributed by atoms with Crippen molar-refractivity contribution in [3.05, 3.63) is 12.2 Å². The molecule has 0 bridgehead atoms. The molecule has 0 aliphatic rings. The third-order valence-corrected chi connectivity index (χ3v) is 14.4. The molecule has 2 atom stereocenters. The van der Waals surface area contributed by atoms with Crippen molar-refractivity contribution in [3.8, 4) is 0 Å². The van der Waals surface area contributed by atoms with Crippen LogP contribution in [0, 0.1) is 0 Å². The van der Waals surface area contributed by atoms with Gasteiger partial charge in [-0.05, 0) is 38.5 Å². The molecule has 0 spiro atoms. The van der Waals surface area contributed by atoms with E-state index in [4.69, 9.17) is 24.3 Å². The minimum absolute atomic E-state index is 0.0573. The zero-order valence-corrected chi connectivity index (χ0v) is 46.0. The second-order valence-electron chi connectivity index (χ2n) is 20.2. The van der Waals surface area contributed by atoms with Crippen molar-refractivity contribution in [2.24, 2.45) is 5.73 Å². The van der Waals surface area contributed by atoms with Crippen LogP contribution < -0.4 is 5.73 Å². The molecule has 9 nitrogen and oxygen atoms in total. The Morgan fingerprint density at radius 2 is 0.721 bits per heavy atom. The molecule has 0 heterocycles. The second-order valence-corrected chi connectivity index (χ2v) is 21.7. The van der Waals surface area contributed by atoms with E-state index >= 15 is 0 Å². The van der Waals surface area contributed by atoms with Gasteiger partial charge in [0.05, 0.1) is 13.2 Å². The smallest absolute Gasteiger partial charge is 0.462 e. The first-order valence-electron chi connectivity index (χ1n) is 29.7. The molecule has 3 N–H and O–H groups in total. The number of rotatable bonds is 57. The van der Waals surface area contributed by atoms with E-state index in [9.17, 15) is 19.0 Å². The third-order valence-electron chi connectivity index (χ3n) is 13.4. The fourth-order valence-electron chi connectivity index (χ4n) is 8.99. The minimum Gasteiger partial charge on any atom is -0.462 e. The van der Waals surface area contributed by atoms with Crippen LogP contribution in [0.5, 0.6) is 0 Å². The molecule has 0 amide bonds. The first-order chi connectivity index (χ1) is 33.3. The average molecular weight is 985 g/mol. The fourth-order valence-corrected chi connectivity index (χ4v) is 9.75. The zero-order valence-electron chi connectivity index (χ0n) is 45.1. The molecular weight excluding hydrogens is 870 g/mol. The summed E-state index contributed by atoms with van der Waals surface area (Å²) in [5.41, 5.74) is 5.38. The van der Waals surface area contributed by atoms with Crippen LogP contribution in [0.4, 0.5) is 0 Å². The standard InChI is InChI=1S/C58H114NO8P/c1-3-5-7-9-11-13-15-17-19-21-23-25-26-27-28-29-30-31-33-35-37-39-41-43-45-47-49-51-58(61)67-56(55-66-68(62,63)65-53-52-59)54-64-57(60)50-48-46-44-42-40-38-36-34-32-24-22-20-18-16-14-12-10-8-6-4-2/h21,23,56H,3-20,22,24-55,59H2,1-2H3,(H,62,63)/b23-21-. The van der Waals surface area contributed by atoms with Gasteiger partial charge in [0, 0.05) is 19.4 Å². The summed E-state index contributed by atoms with van der Waals surface area (Å²) in [5.74, 6) is -0.806. The van der Waals surface area contributed by atoms with E-state index < -0.39 is 26.5 Å². The summed E-state index contributed by atoms with van der Waals surface area (Å²) in [6, 6.07) is 0. The summed E-state index contributed by atoms with van der Waals surface area (Å²) in [7, 11) is -4.38. The van der Waals surface area contributed by atoms with E-state index in [-0.39, 0.29) is 38.6 Å². The number of ether oxygens (including phenoxy) is 2. The molecule has 0 radical (unpaired) electrons. The Morgan fingerprint density at radius 1 is 0.426 bits per heavy atom. The summed E-state index contributed by atoms with van der Waals surface area (Å²) in [6.07, 6.45) is 62.7. The van der Waals surface area contributed by atoms with Gasteiger partial charge in [0.15, 0.2) is 6.10 Å². The Kier molecular flexibility index (Phi) is 54.1. The number of carbonyl (C=O) groups excluding carboxylic acids is 2. The van der Waals surface area contributed by atoms with Crippen LogP contribution in [0.15, 0.2) is 12.2 Å². The summed E-state index contributed by atoms with van der Waals surface area (Å²) in [4.78, 5) is 35.2. The third kappa shape index (κ3) is 54.1. The largest absolute Gasteiger partial charge is 0.472 e. The topological polar surface area (TPSA) is 134 Å². The molecule has 10 heteroatoms. The molecule has 0 aliphatic carbocycles. The Labute approximate surface area is 421 Å². The van der Waals surface area contributed by atoms with Crippen molar-refractivity contribution in [2.75, 3.05) is 26.4 Å². The van der Waals surface area contributed by atoms with Crippen molar-refractivity contribution in [1.82, 2.24) is 0 Å². The first-order valence-corrected chi connectivity index (χ1v) is 31.2. The summed E-state index contributed by atoms with van der Waals surface area (Å²) < 4.78 is 33.1. The molecule has 0 saturated carbocycles. The molecule has 0 aliphatic heterocycles. The van der Waals surface area contributed by atoms with E-state index in [1.807, 2.05) is 0 Å². The van der Waals surface area contributed by atoms with Crippen molar-refractivity contribution in [3.63, 3.8) is 0 Å². The summed E-state index contributed by atoms with van der Waals surface area (Å²) >= 11 is 0. The van der Waals surface area contributed by atoms with Crippen LogP contribution in [0.1, 0.15) is 316 Å². The molecule has 404 valence electrons. The number of unbranched alkanes of at least 4 members (excludes halogenated alkanes) is 42. The van der Waals surface area contributed by atoms with E-state index in [0.717, 1.165) is 32.1 Å². The van der Waals surface area contributed by atoms with Crippen LogP contribution in [0.2, 0.25) is 0 Å². The van der Waals surface area contributed by atoms with Crippen LogP contribution in [-0.2, 0) is 32.7 Å². The highest BCUT2D eigenvalue weighted by Crippen LogP contribution is 2.43. The summed E-state index contributed by atoms with van der Waals surface area (Å²) in [6.45, 7) is 3.81. The van der Waals surface area contributed by atoms with Gasteiger partial charge in [-0.1, -0.05) is 276 Å². The van der Waals surface area contributed by atoms with Crippen molar-refractivity contribution >= 4 is 19.8 Å². The molecule has 68 heavy (non-hydrogen) atoms. The predicted octanol–water partition coefficient (Wildman–Crippen LogP) is 18.5. The highest BCUT2D eigenvalue weighted by atomic mass is 31.2. The highest BCUT2D eigenvalue weighted by Gasteiger charge is 2.26. The van der Waals surface area contributed by atoms with Gasteiger partial charge in [-0.15, -0.1) is 0 Å². The minimum atomic E-state index is -4.38. The molecule has 0 saturated heterocycles. The first kappa shape index (κ1) is 66.8. The van der Waals surface area contributed by atoms with Gasteiger partial charge in [0.2, 0.25) is 0 Å². The molecular formula is C58H114NO8P. The fraction of sp³-hybridized carbons (Fsp3) is 0.931. The SMILES string of the molecule is CCCCCCCCCC/C=C\CCCCCCCCCCCCCCCCCC(=O)OC(COC(=O)CCCCCCCCCCCCCCCCCCCCCC)COP(=O)(O)OCCN.